The summed E-state index contributed by atoms with van der Waals surface area (Å²) in [5.41, 5.74) is 2.12. The Hall–Kier alpha value is -1.62. The molecule has 0 saturated heterocycles. The van der Waals surface area contributed by atoms with E-state index in [9.17, 15) is 9.59 Å². The van der Waals surface area contributed by atoms with Crippen LogP contribution in [0.15, 0.2) is 45.6 Å². The molecule has 21 heavy (non-hydrogen) atoms. The molecule has 0 atom stereocenters. The third kappa shape index (κ3) is 2.75. The molecule has 3 aromatic rings. The van der Waals surface area contributed by atoms with Crippen LogP contribution in [0.1, 0.15) is 11.1 Å². The van der Waals surface area contributed by atoms with Crippen LogP contribution in [-0.4, -0.2) is 40.6 Å². The Morgan fingerprint density at radius 2 is 1.71 bits per heavy atom. The van der Waals surface area contributed by atoms with Crippen LogP contribution in [0.5, 0.6) is 0 Å². The average molecular weight is 291 g/mol. The van der Waals surface area contributed by atoms with E-state index >= 15 is 0 Å². The molecule has 4 nitrogen and oxygen atoms in total. The van der Waals surface area contributed by atoms with Gasteiger partial charge in [0.1, 0.15) is 11.2 Å². The normalized spacial score (nSPS) is 10.5. The zero-order valence-corrected chi connectivity index (χ0v) is 13.8. The molecule has 2 aromatic carbocycles. The Balaban J connectivity index is 0.00000161. The van der Waals surface area contributed by atoms with Crippen LogP contribution >= 0.6 is 0 Å². The molecule has 0 unspecified atom stereocenters. The molecule has 1 heterocycles. The van der Waals surface area contributed by atoms with Gasteiger partial charge in [-0.1, -0.05) is 24.3 Å². The molecule has 1 aromatic heterocycles. The van der Waals surface area contributed by atoms with Gasteiger partial charge in [0.15, 0.2) is 0 Å². The number of hydrogen-bond donors (Lipinski definition) is 1. The molecule has 5 heteroatoms. The number of carboxylic acid groups (broad SMARTS) is 1. The van der Waals surface area contributed by atoms with Gasteiger partial charge in [-0.15, -0.1) is 0 Å². The first-order valence-electron chi connectivity index (χ1n) is 6.24. The van der Waals surface area contributed by atoms with Gasteiger partial charge in [0.05, 0.1) is 17.2 Å². The Morgan fingerprint density at radius 3 is 2.38 bits per heavy atom. The number of carboxylic acids is 1. The molecule has 1 N–H and O–H groups in total. The third-order valence-corrected chi connectivity index (χ3v) is 3.34. The third-order valence-electron chi connectivity index (χ3n) is 3.34. The van der Waals surface area contributed by atoms with Gasteiger partial charge in [0, 0.05) is 35.1 Å². The average Bonchev–Trinajstić information content (AvgIpc) is 2.41. The van der Waals surface area contributed by atoms with Crippen molar-refractivity contribution < 1.29 is 14.3 Å². The minimum atomic E-state index is -0.954. The van der Waals surface area contributed by atoms with Crippen LogP contribution in [0.4, 0.5) is 0 Å². The van der Waals surface area contributed by atoms with E-state index in [2.05, 4.69) is 0 Å². The van der Waals surface area contributed by atoms with Crippen molar-refractivity contribution in [3.05, 3.63) is 57.7 Å². The zero-order chi connectivity index (χ0) is 14.3. The van der Waals surface area contributed by atoms with Gasteiger partial charge in [0.2, 0.25) is 5.43 Å². The number of benzene rings is 2. The number of carbonyl (C=O) groups is 1. The van der Waals surface area contributed by atoms with Crippen molar-refractivity contribution in [3.8, 4) is 0 Å². The van der Waals surface area contributed by atoms with E-state index in [4.69, 9.17) is 9.52 Å². The largest absolute Gasteiger partial charge is 0.481 e. The van der Waals surface area contributed by atoms with Crippen molar-refractivity contribution >= 4 is 57.5 Å². The number of aryl methyl sites for hydroxylation is 1. The van der Waals surface area contributed by atoms with Crippen LogP contribution in [0, 0.1) is 6.92 Å². The second-order valence-electron chi connectivity index (χ2n) is 4.75. The van der Waals surface area contributed by atoms with E-state index in [1.54, 1.807) is 24.3 Å². The molecular weight excluding hydrogens is 279 g/mol. The molecule has 1 radical (unpaired) electrons. The fraction of sp³-hybridized carbons (Fsp3) is 0.125. The number of fused-ring (bicyclic) bond motifs is 2. The second kappa shape index (κ2) is 6.02. The fourth-order valence-corrected chi connectivity index (χ4v) is 2.40. The molecule has 0 spiro atoms. The Bertz CT molecular complexity index is 896. The van der Waals surface area contributed by atoms with Crippen molar-refractivity contribution in [1.82, 2.24) is 0 Å². The summed E-state index contributed by atoms with van der Waals surface area (Å²) in [6.07, 6.45) is -0.169. The Morgan fingerprint density at radius 1 is 1.10 bits per heavy atom. The summed E-state index contributed by atoms with van der Waals surface area (Å²) >= 11 is 0. The molecule has 0 saturated carbocycles. The SMILES string of the molecule is Cc1cccc2c(=O)c3cccc(CC(=O)O)c3oc12.[Na]. The molecule has 0 fully saturated rings. The van der Waals surface area contributed by atoms with Crippen molar-refractivity contribution in [2.45, 2.75) is 13.3 Å². The molecule has 3 rings (SSSR count). The summed E-state index contributed by atoms with van der Waals surface area (Å²) in [4.78, 5) is 23.4. The molecule has 0 aliphatic heterocycles. The fourth-order valence-electron chi connectivity index (χ4n) is 2.40. The summed E-state index contributed by atoms with van der Waals surface area (Å²) in [6, 6.07) is 10.4. The van der Waals surface area contributed by atoms with E-state index in [-0.39, 0.29) is 41.4 Å². The van der Waals surface area contributed by atoms with Gasteiger partial charge in [-0.05, 0) is 24.6 Å². The predicted octanol–water partition coefficient (Wildman–Crippen LogP) is 2.50. The minimum absolute atomic E-state index is 0. The first-order valence-corrected chi connectivity index (χ1v) is 6.24. The van der Waals surface area contributed by atoms with Crippen LogP contribution in [0.2, 0.25) is 0 Å². The summed E-state index contributed by atoms with van der Waals surface area (Å²) in [6.45, 7) is 1.86. The summed E-state index contributed by atoms with van der Waals surface area (Å²) in [5, 5.41) is 9.88. The van der Waals surface area contributed by atoms with Gasteiger partial charge in [0.25, 0.3) is 0 Å². The predicted molar refractivity (Wildman–Crippen MR) is 81.8 cm³/mol. The first kappa shape index (κ1) is 15.8. The monoisotopic (exact) mass is 291 g/mol. The summed E-state index contributed by atoms with van der Waals surface area (Å²) in [5.74, 6) is -0.954. The molecular formula is C16H12NaO4. The maximum atomic E-state index is 12.5. The first-order chi connectivity index (χ1) is 9.58. The number of aliphatic carboxylic acids is 1. The minimum Gasteiger partial charge on any atom is -0.481 e. The van der Waals surface area contributed by atoms with Crippen molar-refractivity contribution in [2.75, 3.05) is 0 Å². The Kier molecular flexibility index (Phi) is 4.52. The smallest absolute Gasteiger partial charge is 0.307 e. The molecule has 0 aliphatic carbocycles. The van der Waals surface area contributed by atoms with Crippen molar-refractivity contribution in [2.24, 2.45) is 0 Å². The zero-order valence-electron chi connectivity index (χ0n) is 11.8. The molecule has 101 valence electrons. The van der Waals surface area contributed by atoms with E-state index in [0.29, 0.717) is 27.5 Å². The van der Waals surface area contributed by atoms with E-state index in [1.807, 2.05) is 19.1 Å². The number of para-hydroxylation sites is 2. The van der Waals surface area contributed by atoms with Gasteiger partial charge in [-0.3, -0.25) is 9.59 Å². The summed E-state index contributed by atoms with van der Waals surface area (Å²) < 4.78 is 5.83. The summed E-state index contributed by atoms with van der Waals surface area (Å²) in [7, 11) is 0. The Labute approximate surface area is 142 Å². The van der Waals surface area contributed by atoms with E-state index in [1.165, 1.54) is 0 Å². The maximum Gasteiger partial charge on any atom is 0.307 e. The topological polar surface area (TPSA) is 67.5 Å². The van der Waals surface area contributed by atoms with Crippen LogP contribution < -0.4 is 5.43 Å². The number of hydrogen-bond acceptors (Lipinski definition) is 3. The van der Waals surface area contributed by atoms with Crippen LogP contribution in [0.3, 0.4) is 0 Å². The van der Waals surface area contributed by atoms with Gasteiger partial charge in [-0.2, -0.15) is 0 Å². The molecule has 0 amide bonds. The van der Waals surface area contributed by atoms with E-state index < -0.39 is 5.97 Å². The van der Waals surface area contributed by atoms with Gasteiger partial charge in [-0.25, -0.2) is 0 Å². The number of rotatable bonds is 2. The standard InChI is InChI=1S/C16H12O4.Na/c1-9-4-2-6-11-14(19)12-7-3-5-10(8-13(17)18)16(12)20-15(9)11;/h2-7H,8H2,1H3,(H,17,18);. The van der Waals surface area contributed by atoms with Crippen molar-refractivity contribution in [3.63, 3.8) is 0 Å². The molecule has 0 bridgehead atoms. The molecule has 0 aliphatic rings. The second-order valence-corrected chi connectivity index (χ2v) is 4.75. The van der Waals surface area contributed by atoms with Gasteiger partial charge < -0.3 is 9.52 Å². The quantitative estimate of drug-likeness (QED) is 0.582. The van der Waals surface area contributed by atoms with Gasteiger partial charge >= 0.3 is 5.97 Å². The van der Waals surface area contributed by atoms with Crippen LogP contribution in [-0.2, 0) is 11.2 Å². The van der Waals surface area contributed by atoms with Crippen molar-refractivity contribution in [1.29, 1.82) is 0 Å². The maximum absolute atomic E-state index is 12.5. The van der Waals surface area contributed by atoms with E-state index in [0.717, 1.165) is 5.56 Å². The van der Waals surface area contributed by atoms with Crippen LogP contribution in [0.25, 0.3) is 21.9 Å².